The molecule has 4 heteroatoms. The Morgan fingerprint density at radius 1 is 0.379 bits per heavy atom. The number of pyridine rings is 1. The predicted molar refractivity (Wildman–Crippen MR) is 275 cm³/mol. The summed E-state index contributed by atoms with van der Waals surface area (Å²) in [7, 11) is 0. The van der Waals surface area contributed by atoms with E-state index in [1.54, 1.807) is 0 Å². The first-order valence-electron chi connectivity index (χ1n) is 22.7. The van der Waals surface area contributed by atoms with Crippen LogP contribution in [0.15, 0.2) is 225 Å². The Kier molecular flexibility index (Phi) is 8.53. The monoisotopic (exact) mass is 845 g/mol. The first-order valence-corrected chi connectivity index (χ1v) is 22.7. The third kappa shape index (κ3) is 5.81. The van der Waals surface area contributed by atoms with E-state index < -0.39 is 0 Å². The van der Waals surface area contributed by atoms with Crippen LogP contribution >= 0.6 is 0 Å². The fraction of sp³-hybridized carbons (Fsp3) is 0.0484. The van der Waals surface area contributed by atoms with Gasteiger partial charge in [0.15, 0.2) is 0 Å². The van der Waals surface area contributed by atoms with Crippen LogP contribution in [-0.4, -0.2) is 4.98 Å². The van der Waals surface area contributed by atoms with Crippen molar-refractivity contribution in [1.29, 1.82) is 0 Å². The van der Waals surface area contributed by atoms with E-state index in [0.29, 0.717) is 0 Å². The molecule has 0 unspecified atom stereocenters. The van der Waals surface area contributed by atoms with E-state index in [1.165, 1.54) is 43.8 Å². The molecular formula is C62H43N3O. The molecule has 13 rings (SSSR count). The molecule has 0 bridgehead atoms. The smallest absolute Gasteiger partial charge is 0.137 e. The molecular weight excluding hydrogens is 803 g/mol. The molecule has 312 valence electrons. The lowest BCUT2D eigenvalue weighted by Crippen LogP contribution is -2.16. The third-order valence-corrected chi connectivity index (χ3v) is 13.9. The predicted octanol–water partition coefficient (Wildman–Crippen LogP) is 17.2. The topological polar surface area (TPSA) is 28.6 Å². The number of hydrogen-bond donors (Lipinski definition) is 0. The van der Waals surface area contributed by atoms with Gasteiger partial charge in [0.25, 0.3) is 0 Å². The van der Waals surface area contributed by atoms with E-state index in [2.05, 4.69) is 230 Å². The molecule has 4 nitrogen and oxygen atoms in total. The van der Waals surface area contributed by atoms with Crippen LogP contribution in [0.1, 0.15) is 25.0 Å². The lowest BCUT2D eigenvalue weighted by Gasteiger charge is -2.30. The first kappa shape index (κ1) is 38.0. The molecule has 66 heavy (non-hydrogen) atoms. The SMILES string of the molecule is CC1(C)c2ccccc2-c2ccc(N(c3ccccc3)c3cc4c5cccc6c5c(cc4c4ccccc34)-c3ccc(N(c4ccccn4)c4ccccc4-c4ccccc4)cc3O6)cc21. The summed E-state index contributed by atoms with van der Waals surface area (Å²) >= 11 is 0. The molecule has 0 radical (unpaired) electrons. The number of aromatic nitrogens is 1. The van der Waals surface area contributed by atoms with Gasteiger partial charge in [-0.1, -0.05) is 153 Å². The van der Waals surface area contributed by atoms with Gasteiger partial charge in [-0.2, -0.15) is 0 Å². The normalized spacial score (nSPS) is 12.9. The highest BCUT2D eigenvalue weighted by Gasteiger charge is 2.36. The Morgan fingerprint density at radius 2 is 1.03 bits per heavy atom. The van der Waals surface area contributed by atoms with Crippen LogP contribution in [-0.2, 0) is 5.41 Å². The van der Waals surface area contributed by atoms with Crippen LogP contribution in [0.4, 0.5) is 34.3 Å². The maximum absolute atomic E-state index is 7.01. The highest BCUT2D eigenvalue weighted by atomic mass is 16.5. The largest absolute Gasteiger partial charge is 0.456 e. The van der Waals surface area contributed by atoms with Crippen molar-refractivity contribution >= 4 is 66.6 Å². The number of rotatable bonds is 7. The molecule has 0 fully saturated rings. The molecule has 0 saturated heterocycles. The molecule has 0 spiro atoms. The van der Waals surface area contributed by atoms with Crippen molar-refractivity contribution in [3.8, 4) is 44.9 Å². The van der Waals surface area contributed by atoms with E-state index >= 15 is 0 Å². The van der Waals surface area contributed by atoms with Crippen molar-refractivity contribution < 1.29 is 4.74 Å². The summed E-state index contributed by atoms with van der Waals surface area (Å²) in [6.45, 7) is 4.71. The average Bonchev–Trinajstić information content (AvgIpc) is 3.60. The van der Waals surface area contributed by atoms with Crippen LogP contribution in [0.2, 0.25) is 0 Å². The highest BCUT2D eigenvalue weighted by Crippen LogP contribution is 2.54. The number of benzene rings is 10. The van der Waals surface area contributed by atoms with Gasteiger partial charge in [0.2, 0.25) is 0 Å². The van der Waals surface area contributed by atoms with Crippen LogP contribution in [0.3, 0.4) is 0 Å². The molecule has 0 amide bonds. The second-order valence-electron chi connectivity index (χ2n) is 17.9. The molecule has 2 aliphatic rings. The maximum Gasteiger partial charge on any atom is 0.137 e. The van der Waals surface area contributed by atoms with Gasteiger partial charge >= 0.3 is 0 Å². The van der Waals surface area contributed by atoms with Gasteiger partial charge in [0.1, 0.15) is 17.3 Å². The van der Waals surface area contributed by atoms with Crippen molar-refractivity contribution in [3.05, 3.63) is 236 Å². The number of nitrogens with zero attached hydrogens (tertiary/aromatic N) is 3. The van der Waals surface area contributed by atoms with E-state index in [-0.39, 0.29) is 5.41 Å². The van der Waals surface area contributed by atoms with E-state index in [1.807, 2.05) is 18.3 Å². The van der Waals surface area contributed by atoms with Gasteiger partial charge < -0.3 is 9.64 Å². The molecule has 10 aromatic carbocycles. The number of ether oxygens (including phenoxy) is 1. The van der Waals surface area contributed by atoms with Crippen molar-refractivity contribution in [2.75, 3.05) is 9.80 Å². The Hall–Kier alpha value is -8.47. The Balaban J connectivity index is 0.999. The second-order valence-corrected chi connectivity index (χ2v) is 17.9. The number of hydrogen-bond acceptors (Lipinski definition) is 4. The number of anilines is 6. The highest BCUT2D eigenvalue weighted by molar-refractivity contribution is 6.25. The van der Waals surface area contributed by atoms with E-state index in [4.69, 9.17) is 9.72 Å². The van der Waals surface area contributed by atoms with Crippen molar-refractivity contribution in [1.82, 2.24) is 4.98 Å². The van der Waals surface area contributed by atoms with Gasteiger partial charge in [-0.15, -0.1) is 0 Å². The van der Waals surface area contributed by atoms with Crippen molar-refractivity contribution in [2.45, 2.75) is 19.3 Å². The lowest BCUT2D eigenvalue weighted by molar-refractivity contribution is 0.487. The fourth-order valence-corrected chi connectivity index (χ4v) is 10.8. The molecule has 2 heterocycles. The molecule has 1 aromatic heterocycles. The minimum Gasteiger partial charge on any atom is -0.456 e. The summed E-state index contributed by atoms with van der Waals surface area (Å²) in [6.07, 6.45) is 1.85. The average molecular weight is 846 g/mol. The van der Waals surface area contributed by atoms with Gasteiger partial charge in [0, 0.05) is 51.0 Å². The van der Waals surface area contributed by atoms with E-state index in [9.17, 15) is 0 Å². The second kappa shape index (κ2) is 14.8. The zero-order valence-corrected chi connectivity index (χ0v) is 36.6. The summed E-state index contributed by atoms with van der Waals surface area (Å²) in [5, 5.41) is 7.05. The number of fused-ring (bicyclic) bond motifs is 9. The van der Waals surface area contributed by atoms with Crippen LogP contribution in [0.5, 0.6) is 11.5 Å². The lowest BCUT2D eigenvalue weighted by atomic mass is 9.82. The van der Waals surface area contributed by atoms with Crippen LogP contribution < -0.4 is 14.5 Å². The first-order chi connectivity index (χ1) is 32.5. The summed E-state index contributed by atoms with van der Waals surface area (Å²) in [6, 6.07) is 78.7. The zero-order valence-electron chi connectivity index (χ0n) is 36.6. The summed E-state index contributed by atoms with van der Waals surface area (Å²) in [5.41, 5.74) is 15.1. The molecule has 0 atom stereocenters. The summed E-state index contributed by atoms with van der Waals surface area (Å²) in [5.74, 6) is 2.48. The van der Waals surface area contributed by atoms with Gasteiger partial charge in [0.05, 0.1) is 17.1 Å². The number of para-hydroxylation sites is 2. The molecule has 0 saturated carbocycles. The Bertz CT molecular complexity index is 3710. The summed E-state index contributed by atoms with van der Waals surface area (Å²) in [4.78, 5) is 9.56. The van der Waals surface area contributed by atoms with Crippen molar-refractivity contribution in [3.63, 3.8) is 0 Å². The van der Waals surface area contributed by atoms with Crippen molar-refractivity contribution in [2.24, 2.45) is 0 Å². The minimum absolute atomic E-state index is 0.132. The molecule has 1 aliphatic carbocycles. The Morgan fingerprint density at radius 3 is 1.85 bits per heavy atom. The maximum atomic E-state index is 7.01. The van der Waals surface area contributed by atoms with Gasteiger partial charge in [-0.25, -0.2) is 4.98 Å². The van der Waals surface area contributed by atoms with Crippen LogP contribution in [0, 0.1) is 0 Å². The fourth-order valence-electron chi connectivity index (χ4n) is 10.8. The van der Waals surface area contributed by atoms with Gasteiger partial charge in [-0.05, 0) is 128 Å². The van der Waals surface area contributed by atoms with Crippen LogP contribution in [0.25, 0.3) is 65.7 Å². The van der Waals surface area contributed by atoms with Gasteiger partial charge in [-0.3, -0.25) is 4.90 Å². The zero-order chi connectivity index (χ0) is 43.9. The molecule has 1 aliphatic heterocycles. The molecule has 0 N–H and O–H groups in total. The van der Waals surface area contributed by atoms with E-state index in [0.717, 1.165) is 78.8 Å². The molecule has 11 aromatic rings. The standard InChI is InChI=1S/C62H43N3O/c1-62(2)54-27-13-11-24-46(54)47-33-31-42(36-55(47)62)64(41-20-7-4-8-21-41)57-39-52-50-26-17-29-58-61(50)53(38-51(52)45-23-9-10-25-48(45)57)49-34-32-43(37-59(49)66-58)65(60-30-15-16-35-63-60)56-28-14-12-22-44(56)40-18-5-3-6-19-40/h3-39H,1-2H3. The third-order valence-electron chi connectivity index (χ3n) is 13.9. The minimum atomic E-state index is -0.132. The summed E-state index contributed by atoms with van der Waals surface area (Å²) < 4.78 is 7.01. The quantitative estimate of drug-likeness (QED) is 0.149. The Labute approximate surface area is 384 Å².